The number of ether oxygens (including phenoxy) is 8. The highest BCUT2D eigenvalue weighted by molar-refractivity contribution is 5.60. The van der Waals surface area contributed by atoms with E-state index in [1.54, 1.807) is 21.3 Å². The maximum atomic E-state index is 8.00. The van der Waals surface area contributed by atoms with Crippen molar-refractivity contribution < 1.29 is 42.7 Å². The molecule has 0 radical (unpaired) electrons. The van der Waals surface area contributed by atoms with Crippen LogP contribution in [0.5, 0.6) is 28.7 Å². The molecule has 6 rings (SSSR count). The number of carbonyl (C=O) groups excluding carboxylic acids is 1. The molecule has 3 aliphatic heterocycles. The van der Waals surface area contributed by atoms with Crippen LogP contribution in [-0.4, -0.2) is 59.5 Å². The Hall–Kier alpha value is -3.01. The van der Waals surface area contributed by atoms with E-state index in [1.807, 2.05) is 32.8 Å². The molecule has 3 unspecified atom stereocenters. The molecule has 4 aliphatic rings. The third kappa shape index (κ3) is 3.83. The second-order valence-corrected chi connectivity index (χ2v) is 10.1. The van der Waals surface area contributed by atoms with Crippen LogP contribution in [0.15, 0.2) is 24.3 Å². The summed E-state index contributed by atoms with van der Waals surface area (Å²) < 4.78 is 48.2. The summed E-state index contributed by atoms with van der Waals surface area (Å²) in [6.07, 6.45) is 0.579. The van der Waals surface area contributed by atoms with Crippen molar-refractivity contribution >= 4 is 6.79 Å². The van der Waals surface area contributed by atoms with Crippen LogP contribution < -0.4 is 23.7 Å². The summed E-state index contributed by atoms with van der Waals surface area (Å²) in [6.45, 7) is 8.82. The predicted molar refractivity (Wildman–Crippen MR) is 133 cm³/mol. The molecule has 0 saturated carbocycles. The first-order valence-corrected chi connectivity index (χ1v) is 12.3. The van der Waals surface area contributed by atoms with Gasteiger partial charge in [-0.2, -0.15) is 0 Å². The van der Waals surface area contributed by atoms with Crippen molar-refractivity contribution in [3.8, 4) is 28.7 Å². The molecule has 9 nitrogen and oxygen atoms in total. The molecule has 2 fully saturated rings. The van der Waals surface area contributed by atoms with Gasteiger partial charge in [-0.05, 0) is 68.1 Å². The van der Waals surface area contributed by atoms with E-state index in [1.165, 1.54) is 0 Å². The summed E-state index contributed by atoms with van der Waals surface area (Å²) in [6, 6.07) is 8.19. The van der Waals surface area contributed by atoms with Gasteiger partial charge in [0.15, 0.2) is 28.8 Å². The van der Waals surface area contributed by atoms with E-state index >= 15 is 0 Å². The van der Waals surface area contributed by atoms with E-state index in [9.17, 15) is 0 Å². The number of carbonyl (C=O) groups is 1. The predicted octanol–water partition coefficient (Wildman–Crippen LogP) is 4.17. The summed E-state index contributed by atoms with van der Waals surface area (Å²) in [5.74, 6) is 2.50. The number of hydrogen-bond acceptors (Lipinski definition) is 9. The number of rotatable bonds is 4. The number of hydrogen-bond donors (Lipinski definition) is 0. The van der Waals surface area contributed by atoms with E-state index < -0.39 is 11.4 Å². The molecule has 9 heteroatoms. The quantitative estimate of drug-likeness (QED) is 0.596. The lowest BCUT2D eigenvalue weighted by Crippen LogP contribution is -2.44. The Bertz CT molecular complexity index is 1150. The summed E-state index contributed by atoms with van der Waals surface area (Å²) in [5.41, 5.74) is 2.47. The molecule has 3 heterocycles. The molecule has 1 aliphatic carbocycles. The zero-order chi connectivity index (χ0) is 26.5. The Morgan fingerprint density at radius 1 is 0.946 bits per heavy atom. The molecule has 0 N–H and O–H groups in total. The third-order valence-corrected chi connectivity index (χ3v) is 7.83. The molecular formula is C28H34O9. The van der Waals surface area contributed by atoms with Crippen molar-refractivity contribution in [1.29, 1.82) is 0 Å². The van der Waals surface area contributed by atoms with Gasteiger partial charge in [0.25, 0.3) is 0 Å². The highest BCUT2D eigenvalue weighted by Crippen LogP contribution is 2.60. The second-order valence-electron chi connectivity index (χ2n) is 10.1. The smallest absolute Gasteiger partial charge is 0.231 e. The van der Waals surface area contributed by atoms with Crippen LogP contribution >= 0.6 is 0 Å². The van der Waals surface area contributed by atoms with E-state index in [0.29, 0.717) is 23.9 Å². The normalized spacial score (nSPS) is 30.2. The van der Waals surface area contributed by atoms with Crippen LogP contribution in [0.3, 0.4) is 0 Å². The van der Waals surface area contributed by atoms with Crippen molar-refractivity contribution in [2.75, 3.05) is 34.7 Å². The van der Waals surface area contributed by atoms with Gasteiger partial charge in [0.1, 0.15) is 12.4 Å². The van der Waals surface area contributed by atoms with Crippen LogP contribution in [0, 0.1) is 5.92 Å². The average Bonchev–Trinajstić information content (AvgIpc) is 3.60. The van der Waals surface area contributed by atoms with Crippen molar-refractivity contribution in [2.45, 2.75) is 56.7 Å². The molecule has 1 spiro atoms. The van der Waals surface area contributed by atoms with E-state index in [-0.39, 0.29) is 30.8 Å². The first-order chi connectivity index (χ1) is 17.8. The Morgan fingerprint density at radius 3 is 2.16 bits per heavy atom. The molecule has 37 heavy (non-hydrogen) atoms. The Morgan fingerprint density at radius 2 is 1.59 bits per heavy atom. The monoisotopic (exact) mass is 514 g/mol. The Kier molecular flexibility index (Phi) is 6.50. The first-order valence-electron chi connectivity index (χ1n) is 12.3. The van der Waals surface area contributed by atoms with E-state index in [2.05, 4.69) is 19.1 Å². The van der Waals surface area contributed by atoms with E-state index in [0.717, 1.165) is 34.6 Å². The van der Waals surface area contributed by atoms with Gasteiger partial charge in [-0.3, -0.25) is 0 Å². The second kappa shape index (κ2) is 9.38. The molecule has 2 bridgehead atoms. The molecule has 2 saturated heterocycles. The standard InChI is InChI=1S/C27H32O8.CH2O/c1-14-27(35-26(2,3)34-14)16-9-21(31-12-16)24(17-10-19-20(11-18(17)27)33-13-32-19)15-7-22(28-4)25(30-6)23(8-15)29-5;1-2/h7-8,10-11,14,16,21,24H,9,12-13H2,1-6H3;1H2/t14-,16?,21?,24+,27?;/m0./s1. The topological polar surface area (TPSA) is 90.9 Å². The minimum Gasteiger partial charge on any atom is -0.493 e. The summed E-state index contributed by atoms with van der Waals surface area (Å²) in [4.78, 5) is 8.00. The van der Waals surface area contributed by atoms with Gasteiger partial charge in [0.05, 0.1) is 40.1 Å². The van der Waals surface area contributed by atoms with Crippen molar-refractivity contribution in [3.05, 3.63) is 41.0 Å². The molecule has 2 aromatic rings. The largest absolute Gasteiger partial charge is 0.493 e. The lowest BCUT2D eigenvalue weighted by Gasteiger charge is -2.39. The number of benzene rings is 2. The van der Waals surface area contributed by atoms with Gasteiger partial charge in [-0.25, -0.2) is 0 Å². The van der Waals surface area contributed by atoms with Gasteiger partial charge in [-0.1, -0.05) is 0 Å². The fraction of sp³-hybridized carbons (Fsp3) is 0.536. The van der Waals surface area contributed by atoms with Crippen LogP contribution in [0.4, 0.5) is 0 Å². The lowest BCUT2D eigenvalue weighted by molar-refractivity contribution is -0.177. The van der Waals surface area contributed by atoms with Gasteiger partial charge < -0.3 is 42.7 Å². The van der Waals surface area contributed by atoms with Gasteiger partial charge in [0, 0.05) is 11.8 Å². The van der Waals surface area contributed by atoms with Crippen molar-refractivity contribution in [3.63, 3.8) is 0 Å². The van der Waals surface area contributed by atoms with Gasteiger partial charge in [0.2, 0.25) is 12.5 Å². The molecule has 0 amide bonds. The fourth-order valence-corrected chi connectivity index (χ4v) is 6.55. The fourth-order valence-electron chi connectivity index (χ4n) is 6.55. The SMILES string of the molecule is C=O.COc1cc([C@@H]2c3cc4c(cc3C3(OC(C)(C)O[C@H]3C)C3COC2C3)OCO4)cc(OC)c1OC. The highest BCUT2D eigenvalue weighted by Gasteiger charge is 2.62. The van der Waals surface area contributed by atoms with Crippen LogP contribution in [0.1, 0.15) is 49.8 Å². The summed E-state index contributed by atoms with van der Waals surface area (Å²) >= 11 is 0. The van der Waals surface area contributed by atoms with Crippen molar-refractivity contribution in [1.82, 2.24) is 0 Å². The molecule has 0 aromatic heterocycles. The maximum absolute atomic E-state index is 8.00. The molecule has 200 valence electrons. The van der Waals surface area contributed by atoms with Crippen LogP contribution in [0.2, 0.25) is 0 Å². The zero-order valence-corrected chi connectivity index (χ0v) is 22.1. The minimum absolute atomic E-state index is 0.0687. The van der Waals surface area contributed by atoms with E-state index in [4.69, 9.17) is 42.7 Å². The van der Waals surface area contributed by atoms with Crippen LogP contribution in [0.25, 0.3) is 0 Å². The summed E-state index contributed by atoms with van der Waals surface area (Å²) in [7, 11) is 4.87. The highest BCUT2D eigenvalue weighted by atomic mass is 16.8. The molecule has 5 atom stereocenters. The lowest BCUT2D eigenvalue weighted by atomic mass is 9.75. The van der Waals surface area contributed by atoms with Crippen molar-refractivity contribution in [2.24, 2.45) is 5.92 Å². The maximum Gasteiger partial charge on any atom is 0.231 e. The first kappa shape index (κ1) is 25.6. The van der Waals surface area contributed by atoms with Gasteiger partial charge >= 0.3 is 0 Å². The number of methoxy groups -OCH3 is 3. The summed E-state index contributed by atoms with van der Waals surface area (Å²) in [5, 5.41) is 0. The number of fused-ring (bicyclic) bond motifs is 6. The molecular weight excluding hydrogens is 480 g/mol. The zero-order valence-electron chi connectivity index (χ0n) is 22.1. The average molecular weight is 515 g/mol. The van der Waals surface area contributed by atoms with Gasteiger partial charge in [-0.15, -0.1) is 0 Å². The Labute approximate surface area is 216 Å². The minimum atomic E-state index is -0.725. The van der Waals surface area contributed by atoms with Crippen LogP contribution in [-0.2, 0) is 24.6 Å². The Balaban J connectivity index is 0.00000137. The molecule has 2 aromatic carbocycles. The third-order valence-electron chi connectivity index (χ3n) is 7.83.